The first-order valence-corrected chi connectivity index (χ1v) is 10.1. The van der Waals surface area contributed by atoms with Crippen LogP contribution in [0.15, 0.2) is 52.9 Å². The van der Waals surface area contributed by atoms with Crippen LogP contribution in [0.4, 0.5) is 18.3 Å². The fourth-order valence-corrected chi connectivity index (χ4v) is 4.03. The van der Waals surface area contributed by atoms with Crippen LogP contribution in [0.25, 0.3) is 21.2 Å². The molecule has 0 aliphatic carbocycles. The molecule has 170 valence electrons. The number of nitrogens with zero attached hydrogens (tertiary/aromatic N) is 3. The monoisotopic (exact) mass is 485 g/mol. The van der Waals surface area contributed by atoms with Gasteiger partial charge in [0, 0.05) is 24.5 Å². The number of fused-ring (bicyclic) bond motifs is 2. The summed E-state index contributed by atoms with van der Waals surface area (Å²) >= 11 is 1.11. The SMILES string of the molecule is CN(C)CCN(C(=O)c1cc2ccccc2o1)c1nc2ccc(OC(F)(F)F)cc2s1.Cl. The summed E-state index contributed by atoms with van der Waals surface area (Å²) in [5.74, 6) is -0.539. The predicted octanol–water partition coefficient (Wildman–Crippen LogP) is 5.57. The van der Waals surface area contributed by atoms with Crippen molar-refractivity contribution in [2.45, 2.75) is 6.36 Å². The van der Waals surface area contributed by atoms with E-state index in [4.69, 9.17) is 4.42 Å². The van der Waals surface area contributed by atoms with Crippen LogP contribution in [0, 0.1) is 0 Å². The second kappa shape index (κ2) is 9.35. The van der Waals surface area contributed by atoms with Crippen molar-refractivity contribution in [1.29, 1.82) is 0 Å². The minimum atomic E-state index is -4.78. The highest BCUT2D eigenvalue weighted by Crippen LogP contribution is 2.34. The highest BCUT2D eigenvalue weighted by atomic mass is 35.5. The van der Waals surface area contributed by atoms with Gasteiger partial charge >= 0.3 is 6.36 Å². The van der Waals surface area contributed by atoms with Gasteiger partial charge in [-0.25, -0.2) is 4.98 Å². The van der Waals surface area contributed by atoms with E-state index in [9.17, 15) is 18.0 Å². The second-order valence-corrected chi connectivity index (χ2v) is 8.09. The Morgan fingerprint density at radius 2 is 1.88 bits per heavy atom. The minimum Gasteiger partial charge on any atom is -0.451 e. The van der Waals surface area contributed by atoms with E-state index >= 15 is 0 Å². The lowest BCUT2D eigenvalue weighted by molar-refractivity contribution is -0.274. The first-order chi connectivity index (χ1) is 14.7. The van der Waals surface area contributed by atoms with E-state index in [2.05, 4.69) is 9.72 Å². The molecule has 0 saturated heterocycles. The average molecular weight is 486 g/mol. The molecule has 0 bridgehead atoms. The number of halogens is 4. The zero-order valence-electron chi connectivity index (χ0n) is 17.0. The molecular formula is C21H19ClF3N3O3S. The Bertz CT molecular complexity index is 1210. The lowest BCUT2D eigenvalue weighted by atomic mass is 10.2. The number of furan rings is 1. The van der Waals surface area contributed by atoms with Crippen molar-refractivity contribution in [3.05, 3.63) is 54.3 Å². The van der Waals surface area contributed by atoms with E-state index in [1.807, 2.05) is 37.2 Å². The fraction of sp³-hybridized carbons (Fsp3) is 0.238. The van der Waals surface area contributed by atoms with Crippen molar-refractivity contribution >= 4 is 56.0 Å². The minimum absolute atomic E-state index is 0. The summed E-state index contributed by atoms with van der Waals surface area (Å²) < 4.78 is 47.8. The van der Waals surface area contributed by atoms with E-state index in [0.29, 0.717) is 34.0 Å². The molecular weight excluding hydrogens is 467 g/mol. The first-order valence-electron chi connectivity index (χ1n) is 9.31. The summed E-state index contributed by atoms with van der Waals surface area (Å²) in [5.41, 5.74) is 1.07. The number of hydrogen-bond acceptors (Lipinski definition) is 6. The number of thiazole rings is 1. The van der Waals surface area contributed by atoms with Gasteiger partial charge in [0.05, 0.1) is 10.2 Å². The predicted molar refractivity (Wildman–Crippen MR) is 120 cm³/mol. The van der Waals surface area contributed by atoms with Crippen LogP contribution in [0.3, 0.4) is 0 Å². The molecule has 0 aliphatic heterocycles. The van der Waals surface area contributed by atoms with E-state index < -0.39 is 6.36 Å². The maximum absolute atomic E-state index is 13.3. The molecule has 0 aliphatic rings. The Labute approximate surface area is 191 Å². The van der Waals surface area contributed by atoms with Gasteiger partial charge in [0.15, 0.2) is 10.9 Å². The van der Waals surface area contributed by atoms with Crippen LogP contribution in [-0.4, -0.2) is 49.3 Å². The number of benzene rings is 2. The molecule has 2 aromatic heterocycles. The van der Waals surface area contributed by atoms with Crippen molar-refractivity contribution in [1.82, 2.24) is 9.88 Å². The topological polar surface area (TPSA) is 58.8 Å². The van der Waals surface area contributed by atoms with E-state index in [-0.39, 0.29) is 29.8 Å². The molecule has 0 spiro atoms. The van der Waals surface area contributed by atoms with Crippen LogP contribution < -0.4 is 9.64 Å². The number of anilines is 1. The van der Waals surface area contributed by atoms with Gasteiger partial charge in [-0.1, -0.05) is 29.5 Å². The van der Waals surface area contributed by atoms with Crippen molar-refractivity contribution in [3.8, 4) is 5.75 Å². The summed E-state index contributed by atoms with van der Waals surface area (Å²) in [7, 11) is 3.76. The number of amides is 1. The molecule has 4 rings (SSSR count). The number of likely N-dealkylation sites (N-methyl/N-ethyl adjacent to an activating group) is 1. The number of para-hydroxylation sites is 1. The van der Waals surface area contributed by atoms with Gasteiger partial charge in [-0.05, 0) is 38.4 Å². The van der Waals surface area contributed by atoms with Gasteiger partial charge in [0.2, 0.25) is 0 Å². The summed E-state index contributed by atoms with van der Waals surface area (Å²) in [4.78, 5) is 21.1. The molecule has 2 aromatic carbocycles. The Balaban J connectivity index is 0.00000289. The first kappa shape index (κ1) is 23.8. The van der Waals surface area contributed by atoms with E-state index in [1.54, 1.807) is 12.1 Å². The van der Waals surface area contributed by atoms with Gasteiger partial charge in [-0.2, -0.15) is 0 Å². The zero-order valence-corrected chi connectivity index (χ0v) is 18.7. The quantitative estimate of drug-likeness (QED) is 0.357. The Morgan fingerprint density at radius 1 is 1.12 bits per heavy atom. The normalized spacial score (nSPS) is 11.7. The van der Waals surface area contributed by atoms with Gasteiger partial charge in [-0.3, -0.25) is 9.69 Å². The van der Waals surface area contributed by atoms with Crippen LogP contribution in [-0.2, 0) is 0 Å². The molecule has 6 nitrogen and oxygen atoms in total. The van der Waals surface area contributed by atoms with Crippen molar-refractivity contribution in [2.75, 3.05) is 32.1 Å². The molecule has 11 heteroatoms. The zero-order chi connectivity index (χ0) is 22.2. The van der Waals surface area contributed by atoms with Crippen LogP contribution in [0.2, 0.25) is 0 Å². The molecule has 2 heterocycles. The number of hydrogen-bond donors (Lipinski definition) is 0. The molecule has 32 heavy (non-hydrogen) atoms. The molecule has 0 atom stereocenters. The molecule has 0 unspecified atom stereocenters. The molecule has 1 amide bonds. The van der Waals surface area contributed by atoms with Crippen molar-refractivity contribution in [3.63, 3.8) is 0 Å². The highest BCUT2D eigenvalue weighted by Gasteiger charge is 2.31. The average Bonchev–Trinajstić information content (AvgIpc) is 3.30. The Hall–Kier alpha value is -2.82. The number of rotatable bonds is 6. The molecule has 0 saturated carbocycles. The lowest BCUT2D eigenvalue weighted by Crippen LogP contribution is -2.36. The molecule has 0 fully saturated rings. The number of ether oxygens (including phenoxy) is 1. The van der Waals surface area contributed by atoms with Gasteiger partial charge in [-0.15, -0.1) is 25.6 Å². The van der Waals surface area contributed by atoms with Gasteiger partial charge < -0.3 is 14.1 Å². The largest absolute Gasteiger partial charge is 0.573 e. The Kier molecular flexibility index (Phi) is 6.97. The number of carbonyl (C=O) groups excluding carboxylic acids is 1. The summed E-state index contributed by atoms with van der Waals surface area (Å²) in [6, 6.07) is 12.9. The third-order valence-electron chi connectivity index (χ3n) is 4.47. The number of carbonyl (C=O) groups is 1. The van der Waals surface area contributed by atoms with E-state index in [1.165, 1.54) is 23.1 Å². The fourth-order valence-electron chi connectivity index (χ4n) is 3.01. The maximum atomic E-state index is 13.3. The number of alkyl halides is 3. The van der Waals surface area contributed by atoms with Crippen LogP contribution in [0.5, 0.6) is 5.75 Å². The highest BCUT2D eigenvalue weighted by molar-refractivity contribution is 7.22. The maximum Gasteiger partial charge on any atom is 0.573 e. The third-order valence-corrected chi connectivity index (χ3v) is 5.51. The summed E-state index contributed by atoms with van der Waals surface area (Å²) in [5, 5.41) is 1.17. The second-order valence-electron chi connectivity index (χ2n) is 7.08. The van der Waals surface area contributed by atoms with Gasteiger partial charge in [0.1, 0.15) is 11.3 Å². The molecule has 0 radical (unpaired) electrons. The van der Waals surface area contributed by atoms with Crippen LogP contribution >= 0.6 is 23.7 Å². The standard InChI is InChI=1S/C21H18F3N3O3S.ClH/c1-26(2)9-10-27(19(28)17-11-13-5-3-4-6-16(13)29-17)20-25-15-8-7-14(12-18(15)31-20)30-21(22,23)24;/h3-8,11-12H,9-10H2,1-2H3;1H. The summed E-state index contributed by atoms with van der Waals surface area (Å²) in [6.07, 6.45) is -4.78. The van der Waals surface area contributed by atoms with Crippen molar-refractivity contribution < 1.29 is 27.1 Å². The van der Waals surface area contributed by atoms with Crippen molar-refractivity contribution in [2.24, 2.45) is 0 Å². The summed E-state index contributed by atoms with van der Waals surface area (Å²) in [6.45, 7) is 0.888. The van der Waals surface area contributed by atoms with Crippen LogP contribution in [0.1, 0.15) is 10.6 Å². The molecule has 4 aromatic rings. The number of aromatic nitrogens is 1. The van der Waals surface area contributed by atoms with Gasteiger partial charge in [0.25, 0.3) is 5.91 Å². The molecule has 0 N–H and O–H groups in total. The Morgan fingerprint density at radius 3 is 2.56 bits per heavy atom. The smallest absolute Gasteiger partial charge is 0.451 e. The van der Waals surface area contributed by atoms with E-state index in [0.717, 1.165) is 16.7 Å². The lowest BCUT2D eigenvalue weighted by Gasteiger charge is -2.20. The third kappa shape index (κ3) is 5.32.